The molecule has 0 N–H and O–H groups in total. The van der Waals surface area contributed by atoms with Crippen LogP contribution in [0.2, 0.25) is 0 Å². The molecule has 1 heterocycles. The average molecular weight is 260 g/mol. The van der Waals surface area contributed by atoms with Crippen molar-refractivity contribution in [3.63, 3.8) is 0 Å². The molecule has 1 amide bonds. The van der Waals surface area contributed by atoms with Crippen LogP contribution in [0.5, 0.6) is 0 Å². The molecule has 0 spiro atoms. The van der Waals surface area contributed by atoms with Gasteiger partial charge in [-0.05, 0) is 26.8 Å². The number of carbonyl (C=O) groups is 1. The number of morpholine rings is 1. The van der Waals surface area contributed by atoms with Gasteiger partial charge in [0.05, 0.1) is 12.7 Å². The molecule has 0 aromatic carbocycles. The van der Waals surface area contributed by atoms with Crippen LogP contribution in [-0.4, -0.2) is 74.2 Å². The summed E-state index contributed by atoms with van der Waals surface area (Å²) in [4.78, 5) is 16.0. The lowest BCUT2D eigenvalue weighted by atomic mass is 10.2. The van der Waals surface area contributed by atoms with Crippen LogP contribution in [-0.2, 0) is 9.53 Å². The van der Waals surface area contributed by atoms with Crippen LogP contribution in [0.4, 0.5) is 0 Å². The smallest absolute Gasteiger partial charge is 0.223 e. The SMILES string of the molecule is CSCCC(=O)N1CCOC(CCN(C)C)C1. The van der Waals surface area contributed by atoms with Crippen LogP contribution >= 0.6 is 11.8 Å². The van der Waals surface area contributed by atoms with Gasteiger partial charge in [-0.3, -0.25) is 4.79 Å². The van der Waals surface area contributed by atoms with Gasteiger partial charge in [-0.2, -0.15) is 11.8 Å². The molecule has 0 bridgehead atoms. The number of hydrogen-bond acceptors (Lipinski definition) is 4. The molecule has 1 aliphatic rings. The van der Waals surface area contributed by atoms with E-state index in [1.54, 1.807) is 11.8 Å². The van der Waals surface area contributed by atoms with Gasteiger partial charge in [0.25, 0.3) is 0 Å². The topological polar surface area (TPSA) is 32.8 Å². The van der Waals surface area contributed by atoms with Gasteiger partial charge < -0.3 is 14.5 Å². The summed E-state index contributed by atoms with van der Waals surface area (Å²) in [6, 6.07) is 0. The van der Waals surface area contributed by atoms with E-state index in [4.69, 9.17) is 4.74 Å². The Hall–Kier alpha value is -0.260. The summed E-state index contributed by atoms with van der Waals surface area (Å²) in [7, 11) is 4.12. The van der Waals surface area contributed by atoms with E-state index in [0.717, 1.165) is 31.8 Å². The summed E-state index contributed by atoms with van der Waals surface area (Å²) in [6.07, 6.45) is 3.90. The van der Waals surface area contributed by atoms with Crippen molar-refractivity contribution in [2.75, 3.05) is 52.3 Å². The minimum Gasteiger partial charge on any atom is -0.374 e. The number of ether oxygens (including phenoxy) is 1. The molecule has 4 nitrogen and oxygen atoms in total. The predicted octanol–water partition coefficient (Wildman–Crippen LogP) is 0.919. The highest BCUT2D eigenvalue weighted by molar-refractivity contribution is 7.98. The maximum Gasteiger partial charge on any atom is 0.223 e. The fraction of sp³-hybridized carbons (Fsp3) is 0.917. The van der Waals surface area contributed by atoms with E-state index in [2.05, 4.69) is 19.0 Å². The molecule has 5 heteroatoms. The fourth-order valence-corrected chi connectivity index (χ4v) is 2.25. The van der Waals surface area contributed by atoms with Gasteiger partial charge >= 0.3 is 0 Å². The molecule has 1 rings (SSSR count). The maximum absolute atomic E-state index is 11.9. The van der Waals surface area contributed by atoms with Crippen LogP contribution in [0.25, 0.3) is 0 Å². The summed E-state index contributed by atoms with van der Waals surface area (Å²) in [5.74, 6) is 1.19. The van der Waals surface area contributed by atoms with Crippen molar-refractivity contribution in [3.05, 3.63) is 0 Å². The third-order valence-electron chi connectivity index (χ3n) is 2.91. The minimum atomic E-state index is 0.212. The quantitative estimate of drug-likeness (QED) is 0.711. The lowest BCUT2D eigenvalue weighted by Crippen LogP contribution is -2.46. The second-order valence-corrected chi connectivity index (χ2v) is 5.65. The van der Waals surface area contributed by atoms with Gasteiger partial charge in [0.1, 0.15) is 0 Å². The Balaban J connectivity index is 2.30. The molecule has 1 saturated heterocycles. The highest BCUT2D eigenvalue weighted by Gasteiger charge is 2.23. The number of thioether (sulfide) groups is 1. The average Bonchev–Trinajstić information content (AvgIpc) is 2.33. The van der Waals surface area contributed by atoms with Crippen LogP contribution in [0.3, 0.4) is 0 Å². The molecule has 17 heavy (non-hydrogen) atoms. The van der Waals surface area contributed by atoms with E-state index < -0.39 is 0 Å². The zero-order valence-corrected chi connectivity index (χ0v) is 12.0. The zero-order chi connectivity index (χ0) is 12.7. The van der Waals surface area contributed by atoms with Crippen LogP contribution in [0.15, 0.2) is 0 Å². The largest absolute Gasteiger partial charge is 0.374 e. The molecule has 0 saturated carbocycles. The Morgan fingerprint density at radius 3 is 2.94 bits per heavy atom. The molecular formula is C12H24N2O2S. The Bertz CT molecular complexity index is 237. The summed E-state index contributed by atoms with van der Waals surface area (Å²) < 4.78 is 5.69. The summed E-state index contributed by atoms with van der Waals surface area (Å²) in [5, 5.41) is 0. The summed E-state index contributed by atoms with van der Waals surface area (Å²) >= 11 is 1.72. The second kappa shape index (κ2) is 7.95. The standard InChI is InChI=1S/C12H24N2O2S/c1-13(2)6-4-11-10-14(7-8-16-11)12(15)5-9-17-3/h11H,4-10H2,1-3H3. The third-order valence-corrected chi connectivity index (χ3v) is 3.52. The van der Waals surface area contributed by atoms with Crippen LogP contribution in [0.1, 0.15) is 12.8 Å². The Kier molecular flexibility index (Phi) is 6.92. The number of nitrogens with zero attached hydrogens (tertiary/aromatic N) is 2. The van der Waals surface area contributed by atoms with Crippen molar-refractivity contribution in [2.24, 2.45) is 0 Å². The van der Waals surface area contributed by atoms with Gasteiger partial charge in [0.2, 0.25) is 5.91 Å². The first-order valence-corrected chi connectivity index (χ1v) is 7.56. The number of hydrogen-bond donors (Lipinski definition) is 0. The van der Waals surface area contributed by atoms with E-state index in [0.29, 0.717) is 13.0 Å². The van der Waals surface area contributed by atoms with E-state index in [1.165, 1.54) is 0 Å². The van der Waals surface area contributed by atoms with E-state index >= 15 is 0 Å². The molecular weight excluding hydrogens is 236 g/mol. The van der Waals surface area contributed by atoms with Gasteiger partial charge in [-0.15, -0.1) is 0 Å². The minimum absolute atomic E-state index is 0.212. The molecule has 0 aromatic rings. The van der Waals surface area contributed by atoms with Crippen molar-refractivity contribution in [2.45, 2.75) is 18.9 Å². The van der Waals surface area contributed by atoms with Gasteiger partial charge in [0.15, 0.2) is 0 Å². The lowest BCUT2D eigenvalue weighted by Gasteiger charge is -2.33. The first-order valence-electron chi connectivity index (χ1n) is 6.16. The number of amides is 1. The molecule has 0 radical (unpaired) electrons. The molecule has 1 aliphatic heterocycles. The van der Waals surface area contributed by atoms with Crippen molar-refractivity contribution in [1.29, 1.82) is 0 Å². The summed E-state index contributed by atoms with van der Waals surface area (Å²) in [6.45, 7) is 3.22. The molecule has 0 aromatic heterocycles. The van der Waals surface area contributed by atoms with Crippen molar-refractivity contribution >= 4 is 17.7 Å². The van der Waals surface area contributed by atoms with Crippen LogP contribution < -0.4 is 0 Å². The van der Waals surface area contributed by atoms with Crippen molar-refractivity contribution < 1.29 is 9.53 Å². The summed E-state index contributed by atoms with van der Waals surface area (Å²) in [5.41, 5.74) is 0. The van der Waals surface area contributed by atoms with E-state index in [-0.39, 0.29) is 12.0 Å². The highest BCUT2D eigenvalue weighted by Crippen LogP contribution is 2.11. The molecule has 1 atom stereocenters. The first kappa shape index (κ1) is 14.8. The highest BCUT2D eigenvalue weighted by atomic mass is 32.2. The predicted molar refractivity (Wildman–Crippen MR) is 72.5 cm³/mol. The van der Waals surface area contributed by atoms with Crippen molar-refractivity contribution in [3.8, 4) is 0 Å². The number of carbonyl (C=O) groups excluding carboxylic acids is 1. The fourth-order valence-electron chi connectivity index (χ4n) is 1.87. The van der Waals surface area contributed by atoms with E-state index in [1.807, 2.05) is 11.2 Å². The third kappa shape index (κ3) is 5.75. The van der Waals surface area contributed by atoms with E-state index in [9.17, 15) is 4.79 Å². The zero-order valence-electron chi connectivity index (χ0n) is 11.1. The molecule has 0 aliphatic carbocycles. The van der Waals surface area contributed by atoms with Crippen LogP contribution in [0, 0.1) is 0 Å². The Morgan fingerprint density at radius 1 is 1.53 bits per heavy atom. The molecule has 1 fully saturated rings. The maximum atomic E-state index is 11.9. The second-order valence-electron chi connectivity index (χ2n) is 4.67. The first-order chi connectivity index (χ1) is 8.13. The van der Waals surface area contributed by atoms with Gasteiger partial charge in [0, 0.05) is 31.8 Å². The Morgan fingerprint density at radius 2 is 2.29 bits per heavy atom. The Labute approximate surface area is 109 Å². The monoisotopic (exact) mass is 260 g/mol. The lowest BCUT2D eigenvalue weighted by molar-refractivity contribution is -0.138. The molecule has 100 valence electrons. The number of rotatable bonds is 6. The van der Waals surface area contributed by atoms with Gasteiger partial charge in [-0.1, -0.05) is 0 Å². The van der Waals surface area contributed by atoms with Gasteiger partial charge in [-0.25, -0.2) is 0 Å². The molecule has 1 unspecified atom stereocenters. The van der Waals surface area contributed by atoms with Crippen molar-refractivity contribution in [1.82, 2.24) is 9.80 Å². The normalized spacial score (nSPS) is 20.9.